The lowest BCUT2D eigenvalue weighted by Crippen LogP contribution is -2.54. The molecule has 104 valence electrons. The summed E-state index contributed by atoms with van der Waals surface area (Å²) in [4.78, 5) is 16.8. The lowest BCUT2D eigenvalue weighted by atomic mass is 10.1. The summed E-state index contributed by atoms with van der Waals surface area (Å²) < 4.78 is 0. The van der Waals surface area contributed by atoms with Crippen LogP contribution in [0.4, 0.5) is 0 Å². The van der Waals surface area contributed by atoms with E-state index in [4.69, 9.17) is 5.73 Å². The van der Waals surface area contributed by atoms with Crippen molar-refractivity contribution in [1.82, 2.24) is 15.1 Å². The molecule has 0 aliphatic carbocycles. The molecule has 18 heavy (non-hydrogen) atoms. The SMILES string of the molecule is NCCCN1CCN(C2CCCCNC2=O)CC1. The van der Waals surface area contributed by atoms with Crippen LogP contribution in [0.5, 0.6) is 0 Å². The zero-order valence-corrected chi connectivity index (χ0v) is 11.2. The zero-order valence-electron chi connectivity index (χ0n) is 11.2. The summed E-state index contributed by atoms with van der Waals surface area (Å²) in [7, 11) is 0. The number of nitrogens with zero attached hydrogens (tertiary/aromatic N) is 2. The third-order valence-corrected chi connectivity index (χ3v) is 4.03. The molecule has 0 radical (unpaired) electrons. The normalized spacial score (nSPS) is 27.8. The number of piperazine rings is 1. The summed E-state index contributed by atoms with van der Waals surface area (Å²) in [5.41, 5.74) is 5.54. The highest BCUT2D eigenvalue weighted by atomic mass is 16.2. The molecule has 0 aromatic heterocycles. The average molecular weight is 254 g/mol. The van der Waals surface area contributed by atoms with Gasteiger partial charge in [0.05, 0.1) is 6.04 Å². The van der Waals surface area contributed by atoms with Gasteiger partial charge in [0.15, 0.2) is 0 Å². The van der Waals surface area contributed by atoms with Crippen molar-refractivity contribution < 1.29 is 4.79 Å². The molecule has 0 bridgehead atoms. The van der Waals surface area contributed by atoms with Gasteiger partial charge in [-0.25, -0.2) is 0 Å². The van der Waals surface area contributed by atoms with Crippen molar-refractivity contribution in [2.75, 3.05) is 45.8 Å². The first kappa shape index (κ1) is 13.8. The maximum Gasteiger partial charge on any atom is 0.237 e. The molecule has 2 aliphatic rings. The third kappa shape index (κ3) is 3.67. The van der Waals surface area contributed by atoms with E-state index in [1.807, 2.05) is 0 Å². The van der Waals surface area contributed by atoms with Crippen LogP contribution in [0.3, 0.4) is 0 Å². The first-order valence-electron chi connectivity index (χ1n) is 7.25. The molecule has 2 aliphatic heterocycles. The second-order valence-electron chi connectivity index (χ2n) is 5.32. The minimum Gasteiger partial charge on any atom is -0.355 e. The Balaban J connectivity index is 1.79. The number of carbonyl (C=O) groups is 1. The first-order valence-corrected chi connectivity index (χ1v) is 7.25. The number of amides is 1. The van der Waals surface area contributed by atoms with Crippen LogP contribution in [0.1, 0.15) is 25.7 Å². The molecule has 2 rings (SSSR count). The van der Waals surface area contributed by atoms with Crippen molar-refractivity contribution in [3.63, 3.8) is 0 Å². The van der Waals surface area contributed by atoms with Crippen LogP contribution in [0.25, 0.3) is 0 Å². The maximum absolute atomic E-state index is 12.0. The van der Waals surface area contributed by atoms with Crippen molar-refractivity contribution in [2.24, 2.45) is 5.73 Å². The Hall–Kier alpha value is -0.650. The summed E-state index contributed by atoms with van der Waals surface area (Å²) in [6.45, 7) is 6.90. The summed E-state index contributed by atoms with van der Waals surface area (Å²) in [5.74, 6) is 0.239. The van der Waals surface area contributed by atoms with Crippen LogP contribution >= 0.6 is 0 Å². The maximum atomic E-state index is 12.0. The van der Waals surface area contributed by atoms with Crippen molar-refractivity contribution in [1.29, 1.82) is 0 Å². The Morgan fingerprint density at radius 1 is 1.22 bits per heavy atom. The van der Waals surface area contributed by atoms with Gasteiger partial charge in [-0.05, 0) is 38.8 Å². The Bertz CT molecular complexity index is 264. The van der Waals surface area contributed by atoms with Crippen molar-refractivity contribution >= 4 is 5.91 Å². The van der Waals surface area contributed by atoms with E-state index in [-0.39, 0.29) is 11.9 Å². The molecule has 0 spiro atoms. The number of nitrogens with one attached hydrogen (secondary N) is 1. The van der Waals surface area contributed by atoms with E-state index in [9.17, 15) is 4.79 Å². The molecule has 5 heteroatoms. The molecule has 5 nitrogen and oxygen atoms in total. The van der Waals surface area contributed by atoms with Gasteiger partial charge in [-0.2, -0.15) is 0 Å². The Morgan fingerprint density at radius 3 is 2.72 bits per heavy atom. The fraction of sp³-hybridized carbons (Fsp3) is 0.923. The second-order valence-corrected chi connectivity index (χ2v) is 5.32. The number of hydrogen-bond donors (Lipinski definition) is 2. The van der Waals surface area contributed by atoms with Gasteiger partial charge in [0.2, 0.25) is 5.91 Å². The van der Waals surface area contributed by atoms with Crippen LogP contribution in [-0.4, -0.2) is 67.6 Å². The van der Waals surface area contributed by atoms with Gasteiger partial charge in [-0.1, -0.05) is 0 Å². The summed E-state index contributed by atoms with van der Waals surface area (Å²) in [5, 5.41) is 3.03. The van der Waals surface area contributed by atoms with Crippen LogP contribution in [0, 0.1) is 0 Å². The van der Waals surface area contributed by atoms with Crippen LogP contribution in [0.15, 0.2) is 0 Å². The Labute approximate surface area is 110 Å². The Morgan fingerprint density at radius 2 is 2.00 bits per heavy atom. The van der Waals surface area contributed by atoms with Gasteiger partial charge in [-0.3, -0.25) is 9.69 Å². The molecule has 2 fully saturated rings. The van der Waals surface area contributed by atoms with Gasteiger partial charge >= 0.3 is 0 Å². The molecule has 0 saturated carbocycles. The molecule has 0 aromatic carbocycles. The highest BCUT2D eigenvalue weighted by molar-refractivity contribution is 5.81. The molecule has 0 aromatic rings. The largest absolute Gasteiger partial charge is 0.355 e. The van der Waals surface area contributed by atoms with E-state index in [0.29, 0.717) is 0 Å². The van der Waals surface area contributed by atoms with Crippen LogP contribution in [-0.2, 0) is 4.79 Å². The molecule has 2 heterocycles. The van der Waals surface area contributed by atoms with Gasteiger partial charge in [0.1, 0.15) is 0 Å². The van der Waals surface area contributed by atoms with Gasteiger partial charge in [0, 0.05) is 32.7 Å². The van der Waals surface area contributed by atoms with Crippen molar-refractivity contribution in [3.8, 4) is 0 Å². The molecular weight excluding hydrogens is 228 g/mol. The topological polar surface area (TPSA) is 61.6 Å². The summed E-state index contributed by atoms with van der Waals surface area (Å²) in [6.07, 6.45) is 4.38. The minimum atomic E-state index is 0.115. The highest BCUT2D eigenvalue weighted by Gasteiger charge is 2.29. The first-order chi connectivity index (χ1) is 8.81. The molecule has 2 saturated heterocycles. The van der Waals surface area contributed by atoms with E-state index in [1.165, 1.54) is 0 Å². The Kier molecular flexibility index (Phi) is 5.41. The van der Waals surface area contributed by atoms with Crippen molar-refractivity contribution in [3.05, 3.63) is 0 Å². The molecular formula is C13H26N4O. The van der Waals surface area contributed by atoms with E-state index in [0.717, 1.165) is 71.5 Å². The third-order valence-electron chi connectivity index (χ3n) is 4.03. The summed E-state index contributed by atoms with van der Waals surface area (Å²) >= 11 is 0. The van der Waals surface area contributed by atoms with E-state index in [2.05, 4.69) is 15.1 Å². The smallest absolute Gasteiger partial charge is 0.237 e. The van der Waals surface area contributed by atoms with Crippen LogP contribution < -0.4 is 11.1 Å². The highest BCUT2D eigenvalue weighted by Crippen LogP contribution is 2.14. The molecule has 1 amide bonds. The predicted octanol–water partition coefficient (Wildman–Crippen LogP) is -0.378. The van der Waals surface area contributed by atoms with E-state index < -0.39 is 0 Å². The standard InChI is InChI=1S/C13H26N4O/c14-5-3-7-16-8-10-17(11-9-16)12-4-1-2-6-15-13(12)18/h12H,1-11,14H2,(H,15,18). The zero-order chi connectivity index (χ0) is 12.8. The fourth-order valence-electron chi connectivity index (χ4n) is 2.89. The van der Waals surface area contributed by atoms with Crippen molar-refractivity contribution in [2.45, 2.75) is 31.7 Å². The average Bonchev–Trinajstić information content (AvgIpc) is 2.62. The lowest BCUT2D eigenvalue weighted by Gasteiger charge is -2.38. The number of rotatable bonds is 4. The lowest BCUT2D eigenvalue weighted by molar-refractivity contribution is -0.126. The second kappa shape index (κ2) is 7.07. The number of nitrogens with two attached hydrogens (primary N) is 1. The van der Waals surface area contributed by atoms with Gasteiger partial charge < -0.3 is 16.0 Å². The van der Waals surface area contributed by atoms with Crippen LogP contribution in [0.2, 0.25) is 0 Å². The quantitative estimate of drug-likeness (QED) is 0.718. The minimum absolute atomic E-state index is 0.115. The molecule has 3 N–H and O–H groups in total. The van der Waals surface area contributed by atoms with Gasteiger partial charge in [-0.15, -0.1) is 0 Å². The predicted molar refractivity (Wildman–Crippen MR) is 72.3 cm³/mol. The van der Waals surface area contributed by atoms with E-state index in [1.54, 1.807) is 0 Å². The fourth-order valence-corrected chi connectivity index (χ4v) is 2.89. The molecule has 1 atom stereocenters. The monoisotopic (exact) mass is 254 g/mol. The number of hydrogen-bond acceptors (Lipinski definition) is 4. The van der Waals surface area contributed by atoms with E-state index >= 15 is 0 Å². The van der Waals surface area contributed by atoms with Gasteiger partial charge in [0.25, 0.3) is 0 Å². The number of carbonyl (C=O) groups excluding carboxylic acids is 1. The molecule has 1 unspecified atom stereocenters. The summed E-state index contributed by atoms with van der Waals surface area (Å²) in [6, 6.07) is 0.115.